The monoisotopic (exact) mass is 342 g/mol. The van der Waals surface area contributed by atoms with Crippen LogP contribution < -0.4 is 10.6 Å². The summed E-state index contributed by atoms with van der Waals surface area (Å²) in [5, 5.41) is 5.95. The number of carbonyl (C=O) groups is 2. The normalized spacial score (nSPS) is 23.1. The molecule has 2 N–H and O–H groups in total. The minimum Gasteiger partial charge on any atom is -0.326 e. The number of amides is 2. The molecular formula is C21H30N2O2. The van der Waals surface area contributed by atoms with Crippen molar-refractivity contribution >= 4 is 23.2 Å². The molecule has 0 aromatic heterocycles. The van der Waals surface area contributed by atoms with Gasteiger partial charge in [-0.15, -0.1) is 0 Å². The van der Waals surface area contributed by atoms with Crippen molar-refractivity contribution in [2.24, 2.45) is 17.8 Å². The Labute approximate surface area is 150 Å². The lowest BCUT2D eigenvalue weighted by Gasteiger charge is -2.27. The van der Waals surface area contributed by atoms with Gasteiger partial charge in [0.1, 0.15) is 0 Å². The lowest BCUT2D eigenvalue weighted by Crippen LogP contribution is -2.27. The standard InChI is InChI=1S/C21H30N2O2/c1-2-3-4-15-5-7-16(8-6-15)20(24)22-18-11-13-19(14-12-18)23-21(25)17-9-10-17/h11-17H,2-10H2,1H3,(H,22,24)(H,23,25). The molecule has 4 nitrogen and oxygen atoms in total. The van der Waals surface area contributed by atoms with Crippen LogP contribution in [0, 0.1) is 17.8 Å². The minimum absolute atomic E-state index is 0.108. The molecule has 25 heavy (non-hydrogen) atoms. The molecule has 2 fully saturated rings. The number of anilines is 2. The van der Waals surface area contributed by atoms with Gasteiger partial charge in [0.05, 0.1) is 0 Å². The summed E-state index contributed by atoms with van der Waals surface area (Å²) in [5.41, 5.74) is 1.61. The molecular weight excluding hydrogens is 312 g/mol. The summed E-state index contributed by atoms with van der Waals surface area (Å²) in [6, 6.07) is 7.45. The predicted octanol–water partition coefficient (Wildman–Crippen LogP) is 4.97. The van der Waals surface area contributed by atoms with Crippen molar-refractivity contribution in [2.45, 2.75) is 64.7 Å². The molecule has 2 amide bonds. The van der Waals surface area contributed by atoms with Gasteiger partial charge >= 0.3 is 0 Å². The van der Waals surface area contributed by atoms with Gasteiger partial charge in [0.15, 0.2) is 0 Å². The van der Waals surface area contributed by atoms with Crippen LogP contribution in [0.4, 0.5) is 11.4 Å². The average molecular weight is 342 g/mol. The Hall–Kier alpha value is -1.84. The maximum atomic E-state index is 12.5. The van der Waals surface area contributed by atoms with Gasteiger partial charge in [0, 0.05) is 23.2 Å². The topological polar surface area (TPSA) is 58.2 Å². The van der Waals surface area contributed by atoms with E-state index in [0.717, 1.165) is 43.0 Å². The van der Waals surface area contributed by atoms with Gasteiger partial charge in [-0.05, 0) is 68.7 Å². The van der Waals surface area contributed by atoms with Crippen molar-refractivity contribution in [1.82, 2.24) is 0 Å². The first-order valence-corrected chi connectivity index (χ1v) is 9.87. The van der Waals surface area contributed by atoms with E-state index in [0.29, 0.717) is 0 Å². The van der Waals surface area contributed by atoms with Crippen molar-refractivity contribution in [3.63, 3.8) is 0 Å². The zero-order chi connectivity index (χ0) is 17.6. The second kappa shape index (κ2) is 8.50. The smallest absolute Gasteiger partial charge is 0.227 e. The SMILES string of the molecule is CCCCC1CCC(C(=O)Nc2ccc(NC(=O)C3CC3)cc2)CC1. The van der Waals surface area contributed by atoms with E-state index in [1.165, 1.54) is 32.1 Å². The molecule has 0 aliphatic heterocycles. The second-order valence-corrected chi connectivity index (χ2v) is 7.69. The predicted molar refractivity (Wildman–Crippen MR) is 101 cm³/mol. The maximum absolute atomic E-state index is 12.5. The Morgan fingerprint density at radius 2 is 1.28 bits per heavy atom. The number of hydrogen-bond acceptors (Lipinski definition) is 2. The minimum atomic E-state index is 0.108. The molecule has 0 unspecified atom stereocenters. The van der Waals surface area contributed by atoms with Crippen molar-refractivity contribution in [1.29, 1.82) is 0 Å². The maximum Gasteiger partial charge on any atom is 0.227 e. The third-order valence-corrected chi connectivity index (χ3v) is 5.55. The van der Waals surface area contributed by atoms with Crippen LogP contribution in [0.2, 0.25) is 0 Å². The molecule has 0 spiro atoms. The van der Waals surface area contributed by atoms with Crippen LogP contribution in [-0.2, 0) is 9.59 Å². The van der Waals surface area contributed by atoms with Gasteiger partial charge < -0.3 is 10.6 Å². The summed E-state index contributed by atoms with van der Waals surface area (Å²) in [7, 11) is 0. The van der Waals surface area contributed by atoms with Gasteiger partial charge in [-0.2, -0.15) is 0 Å². The molecule has 0 bridgehead atoms. The summed E-state index contributed by atoms with van der Waals surface area (Å²) in [6.07, 6.45) is 10.3. The van der Waals surface area contributed by atoms with Gasteiger partial charge in [-0.1, -0.05) is 26.2 Å². The van der Waals surface area contributed by atoms with Crippen LogP contribution in [0.5, 0.6) is 0 Å². The first-order chi connectivity index (χ1) is 12.2. The Morgan fingerprint density at radius 1 is 0.840 bits per heavy atom. The van der Waals surface area contributed by atoms with Crippen LogP contribution in [0.15, 0.2) is 24.3 Å². The molecule has 0 radical (unpaired) electrons. The van der Waals surface area contributed by atoms with Crippen molar-refractivity contribution in [2.75, 3.05) is 10.6 Å². The Kier molecular flexibility index (Phi) is 6.11. The quantitative estimate of drug-likeness (QED) is 0.735. The van der Waals surface area contributed by atoms with Gasteiger partial charge in [-0.3, -0.25) is 9.59 Å². The molecule has 4 heteroatoms. The number of nitrogens with one attached hydrogen (secondary N) is 2. The van der Waals surface area contributed by atoms with E-state index in [2.05, 4.69) is 17.6 Å². The van der Waals surface area contributed by atoms with E-state index in [9.17, 15) is 9.59 Å². The summed E-state index contributed by atoms with van der Waals surface area (Å²) in [5.74, 6) is 1.41. The Balaban J connectivity index is 1.44. The molecule has 2 aliphatic rings. The van der Waals surface area contributed by atoms with Crippen LogP contribution in [-0.4, -0.2) is 11.8 Å². The lowest BCUT2D eigenvalue weighted by atomic mass is 9.79. The fourth-order valence-corrected chi connectivity index (χ4v) is 3.68. The molecule has 0 saturated heterocycles. The first kappa shape index (κ1) is 18.0. The number of hydrogen-bond donors (Lipinski definition) is 2. The second-order valence-electron chi connectivity index (χ2n) is 7.69. The van der Waals surface area contributed by atoms with Crippen LogP contribution >= 0.6 is 0 Å². The van der Waals surface area contributed by atoms with Gasteiger partial charge in [-0.25, -0.2) is 0 Å². The summed E-state index contributed by atoms with van der Waals surface area (Å²) in [4.78, 5) is 24.2. The third kappa shape index (κ3) is 5.32. The lowest BCUT2D eigenvalue weighted by molar-refractivity contribution is -0.121. The molecule has 2 saturated carbocycles. The van der Waals surface area contributed by atoms with E-state index in [4.69, 9.17) is 0 Å². The number of rotatable bonds is 7. The first-order valence-electron chi connectivity index (χ1n) is 9.87. The fraction of sp³-hybridized carbons (Fsp3) is 0.619. The summed E-state index contributed by atoms with van der Waals surface area (Å²) < 4.78 is 0. The molecule has 0 atom stereocenters. The van der Waals surface area contributed by atoms with E-state index >= 15 is 0 Å². The molecule has 2 aliphatic carbocycles. The molecule has 0 heterocycles. The Morgan fingerprint density at radius 3 is 1.68 bits per heavy atom. The van der Waals surface area contributed by atoms with Crippen LogP contribution in [0.1, 0.15) is 64.7 Å². The largest absolute Gasteiger partial charge is 0.326 e. The van der Waals surface area contributed by atoms with Crippen molar-refractivity contribution in [3.05, 3.63) is 24.3 Å². The highest BCUT2D eigenvalue weighted by atomic mass is 16.2. The third-order valence-electron chi connectivity index (χ3n) is 5.55. The number of carbonyl (C=O) groups excluding carboxylic acids is 2. The Bertz CT molecular complexity index is 584. The average Bonchev–Trinajstić information content (AvgIpc) is 3.47. The van der Waals surface area contributed by atoms with Crippen molar-refractivity contribution in [3.8, 4) is 0 Å². The summed E-state index contributed by atoms with van der Waals surface area (Å²) in [6.45, 7) is 2.24. The molecule has 3 rings (SSSR count). The fourth-order valence-electron chi connectivity index (χ4n) is 3.68. The van der Waals surface area contributed by atoms with Crippen LogP contribution in [0.25, 0.3) is 0 Å². The highest BCUT2D eigenvalue weighted by Gasteiger charge is 2.29. The number of unbranched alkanes of at least 4 members (excludes halogenated alkanes) is 1. The van der Waals surface area contributed by atoms with E-state index < -0.39 is 0 Å². The van der Waals surface area contributed by atoms with Gasteiger partial charge in [0.2, 0.25) is 11.8 Å². The highest BCUT2D eigenvalue weighted by molar-refractivity contribution is 5.95. The van der Waals surface area contributed by atoms with E-state index in [-0.39, 0.29) is 23.7 Å². The molecule has 136 valence electrons. The van der Waals surface area contributed by atoms with E-state index in [1.54, 1.807) is 0 Å². The van der Waals surface area contributed by atoms with Gasteiger partial charge in [0.25, 0.3) is 0 Å². The summed E-state index contributed by atoms with van der Waals surface area (Å²) >= 11 is 0. The number of benzene rings is 1. The van der Waals surface area contributed by atoms with E-state index in [1.807, 2.05) is 24.3 Å². The molecule has 1 aromatic carbocycles. The zero-order valence-electron chi connectivity index (χ0n) is 15.2. The zero-order valence-corrected chi connectivity index (χ0v) is 15.2. The van der Waals surface area contributed by atoms with Crippen molar-refractivity contribution < 1.29 is 9.59 Å². The molecule has 1 aromatic rings. The highest BCUT2D eigenvalue weighted by Crippen LogP contribution is 2.33. The van der Waals surface area contributed by atoms with Crippen LogP contribution in [0.3, 0.4) is 0 Å².